The number of aliphatic hydroxyl groups is 1. The van der Waals surface area contributed by atoms with Gasteiger partial charge in [-0.1, -0.05) is 0 Å². The Kier molecular flexibility index (Phi) is 5.15. The Morgan fingerprint density at radius 2 is 1.96 bits per heavy atom. The molecule has 3 amide bonds. The van der Waals surface area contributed by atoms with Crippen molar-refractivity contribution in [2.75, 3.05) is 23.3 Å². The first-order valence-electron chi connectivity index (χ1n) is 9.28. The van der Waals surface area contributed by atoms with E-state index in [1.54, 1.807) is 0 Å². The standard InChI is InChI=1S/C20H21N3O4S/c24-16(14-5-8-28-11-14)3-6-21-19(26)20(27)22-15-9-12-1-2-17(25)23-7-4-13(10-15)18(12)23/h5,8-11,16,24H,1-4,6-7H2,(H,21,26)(H,22,27). The summed E-state index contributed by atoms with van der Waals surface area (Å²) in [5.41, 5.74) is 4.41. The molecule has 0 saturated carbocycles. The minimum atomic E-state index is -0.737. The van der Waals surface area contributed by atoms with E-state index in [4.69, 9.17) is 0 Å². The second kappa shape index (κ2) is 7.73. The fourth-order valence-corrected chi connectivity index (χ4v) is 4.46. The van der Waals surface area contributed by atoms with Crippen LogP contribution in [-0.2, 0) is 27.2 Å². The number of aryl methyl sites for hydroxylation is 1. The third-order valence-electron chi connectivity index (χ3n) is 5.15. The lowest BCUT2D eigenvalue weighted by Gasteiger charge is -2.25. The molecule has 1 unspecified atom stereocenters. The van der Waals surface area contributed by atoms with E-state index in [1.807, 2.05) is 33.9 Å². The van der Waals surface area contributed by atoms with Crippen LogP contribution in [-0.4, -0.2) is 35.9 Å². The maximum Gasteiger partial charge on any atom is 0.313 e. The predicted molar refractivity (Wildman–Crippen MR) is 106 cm³/mol. The van der Waals surface area contributed by atoms with Crippen molar-refractivity contribution in [1.29, 1.82) is 0 Å². The highest BCUT2D eigenvalue weighted by atomic mass is 32.1. The molecule has 0 bridgehead atoms. The summed E-state index contributed by atoms with van der Waals surface area (Å²) in [4.78, 5) is 38.0. The number of aliphatic hydroxyl groups excluding tert-OH is 1. The number of hydrogen-bond acceptors (Lipinski definition) is 5. The van der Waals surface area contributed by atoms with Gasteiger partial charge >= 0.3 is 11.8 Å². The molecule has 0 fully saturated rings. The van der Waals surface area contributed by atoms with E-state index in [1.165, 1.54) is 11.3 Å². The average molecular weight is 399 g/mol. The largest absolute Gasteiger partial charge is 0.388 e. The lowest BCUT2D eigenvalue weighted by atomic mass is 9.98. The highest BCUT2D eigenvalue weighted by Crippen LogP contribution is 2.38. The van der Waals surface area contributed by atoms with Crippen molar-refractivity contribution in [3.05, 3.63) is 45.6 Å². The van der Waals surface area contributed by atoms with Crippen molar-refractivity contribution < 1.29 is 19.5 Å². The number of carbonyl (C=O) groups excluding carboxylic acids is 3. The van der Waals surface area contributed by atoms with E-state index in [0.29, 0.717) is 31.5 Å². The van der Waals surface area contributed by atoms with Crippen molar-refractivity contribution >= 4 is 40.4 Å². The maximum absolute atomic E-state index is 12.2. The number of nitrogens with zero attached hydrogens (tertiary/aromatic N) is 1. The minimum absolute atomic E-state index is 0.145. The van der Waals surface area contributed by atoms with Gasteiger partial charge in [-0.2, -0.15) is 11.3 Å². The molecule has 0 radical (unpaired) electrons. The molecule has 3 N–H and O–H groups in total. The maximum atomic E-state index is 12.2. The SMILES string of the molecule is O=C(NCCC(O)c1ccsc1)C(=O)Nc1cc2c3c(c1)CCN3C(=O)CC2. The third kappa shape index (κ3) is 3.65. The second-order valence-corrected chi connectivity index (χ2v) is 7.79. The first kappa shape index (κ1) is 18.6. The average Bonchev–Trinajstić information content (AvgIpc) is 3.35. The van der Waals surface area contributed by atoms with E-state index in [2.05, 4.69) is 10.6 Å². The lowest BCUT2D eigenvalue weighted by Crippen LogP contribution is -2.36. The molecule has 2 aromatic rings. The van der Waals surface area contributed by atoms with Gasteiger partial charge in [0, 0.05) is 25.2 Å². The number of amides is 3. The number of carbonyl (C=O) groups is 3. The molecule has 2 aliphatic heterocycles. The van der Waals surface area contributed by atoms with Crippen LogP contribution in [0.2, 0.25) is 0 Å². The fourth-order valence-electron chi connectivity index (χ4n) is 3.75. The van der Waals surface area contributed by atoms with Crippen LogP contribution in [0.3, 0.4) is 0 Å². The molecule has 1 aromatic carbocycles. The van der Waals surface area contributed by atoms with Crippen LogP contribution in [0.4, 0.5) is 11.4 Å². The van der Waals surface area contributed by atoms with E-state index in [-0.39, 0.29) is 12.5 Å². The summed E-state index contributed by atoms with van der Waals surface area (Å²) in [6, 6.07) is 5.51. The Morgan fingerprint density at radius 3 is 2.71 bits per heavy atom. The van der Waals surface area contributed by atoms with Gasteiger partial charge in [-0.3, -0.25) is 14.4 Å². The summed E-state index contributed by atoms with van der Waals surface area (Å²) in [7, 11) is 0. The Balaban J connectivity index is 1.34. The zero-order valence-electron chi connectivity index (χ0n) is 15.2. The zero-order valence-corrected chi connectivity index (χ0v) is 16.1. The van der Waals surface area contributed by atoms with Gasteiger partial charge in [-0.15, -0.1) is 0 Å². The fraction of sp³-hybridized carbons (Fsp3) is 0.350. The molecule has 28 heavy (non-hydrogen) atoms. The van der Waals surface area contributed by atoms with Crippen LogP contribution in [0, 0.1) is 0 Å². The summed E-state index contributed by atoms with van der Waals surface area (Å²) < 4.78 is 0. The van der Waals surface area contributed by atoms with Gasteiger partial charge in [0.2, 0.25) is 5.91 Å². The Labute approximate surface area is 166 Å². The van der Waals surface area contributed by atoms with Gasteiger partial charge in [0.05, 0.1) is 11.8 Å². The van der Waals surface area contributed by atoms with Crippen LogP contribution in [0.25, 0.3) is 0 Å². The molecule has 1 aromatic heterocycles. The highest BCUT2D eigenvalue weighted by molar-refractivity contribution is 7.07. The number of thiophene rings is 1. The zero-order chi connectivity index (χ0) is 19.7. The molecule has 1 atom stereocenters. The number of rotatable bonds is 5. The Morgan fingerprint density at radius 1 is 1.18 bits per heavy atom. The molecule has 0 spiro atoms. The van der Waals surface area contributed by atoms with Crippen LogP contribution in [0.15, 0.2) is 29.0 Å². The van der Waals surface area contributed by atoms with Gasteiger partial charge in [0.1, 0.15) is 0 Å². The minimum Gasteiger partial charge on any atom is -0.388 e. The number of nitrogens with one attached hydrogen (secondary N) is 2. The Bertz CT molecular complexity index is 926. The summed E-state index contributed by atoms with van der Waals surface area (Å²) in [6.07, 6.45) is 1.54. The van der Waals surface area contributed by atoms with E-state index in [9.17, 15) is 19.5 Å². The molecular formula is C20H21N3O4S. The molecule has 8 heteroatoms. The predicted octanol–water partition coefficient (Wildman–Crippen LogP) is 1.76. The third-order valence-corrected chi connectivity index (χ3v) is 5.85. The number of benzene rings is 1. The summed E-state index contributed by atoms with van der Waals surface area (Å²) in [5.74, 6) is -1.32. The topological polar surface area (TPSA) is 98.7 Å². The van der Waals surface area contributed by atoms with Gasteiger partial charge in [0.15, 0.2) is 0 Å². The summed E-state index contributed by atoms with van der Waals surface area (Å²) in [5, 5.41) is 18.9. The quantitative estimate of drug-likeness (QED) is 0.667. The molecule has 4 rings (SSSR count). The van der Waals surface area contributed by atoms with Gasteiger partial charge in [0.25, 0.3) is 0 Å². The van der Waals surface area contributed by atoms with Crippen LogP contribution >= 0.6 is 11.3 Å². The smallest absolute Gasteiger partial charge is 0.313 e. The summed E-state index contributed by atoms with van der Waals surface area (Å²) >= 11 is 1.50. The van der Waals surface area contributed by atoms with E-state index in [0.717, 1.165) is 28.8 Å². The molecule has 146 valence electrons. The molecule has 2 aliphatic rings. The second-order valence-electron chi connectivity index (χ2n) is 7.01. The van der Waals surface area contributed by atoms with Crippen molar-refractivity contribution in [3.63, 3.8) is 0 Å². The first-order chi connectivity index (χ1) is 13.5. The Hall–Kier alpha value is -2.71. The van der Waals surface area contributed by atoms with E-state index >= 15 is 0 Å². The van der Waals surface area contributed by atoms with Crippen LogP contribution < -0.4 is 15.5 Å². The van der Waals surface area contributed by atoms with Gasteiger partial charge in [-0.05, 0) is 64.9 Å². The van der Waals surface area contributed by atoms with Crippen molar-refractivity contribution in [1.82, 2.24) is 5.32 Å². The molecule has 0 saturated heterocycles. The monoisotopic (exact) mass is 399 g/mol. The van der Waals surface area contributed by atoms with Gasteiger partial charge < -0.3 is 20.6 Å². The van der Waals surface area contributed by atoms with Crippen molar-refractivity contribution in [2.45, 2.75) is 31.8 Å². The first-order valence-corrected chi connectivity index (χ1v) is 10.2. The molecule has 3 heterocycles. The molecule has 0 aliphatic carbocycles. The highest BCUT2D eigenvalue weighted by Gasteiger charge is 2.31. The van der Waals surface area contributed by atoms with E-state index < -0.39 is 17.9 Å². The van der Waals surface area contributed by atoms with Crippen molar-refractivity contribution in [3.8, 4) is 0 Å². The van der Waals surface area contributed by atoms with Gasteiger partial charge in [-0.25, -0.2) is 0 Å². The molecule has 7 nitrogen and oxygen atoms in total. The van der Waals surface area contributed by atoms with Crippen LogP contribution in [0.1, 0.15) is 35.6 Å². The number of hydrogen-bond donors (Lipinski definition) is 3. The normalized spacial score (nSPS) is 15.9. The number of anilines is 2. The molecular weight excluding hydrogens is 378 g/mol. The van der Waals surface area contributed by atoms with Crippen LogP contribution in [0.5, 0.6) is 0 Å². The lowest BCUT2D eigenvalue weighted by molar-refractivity contribution is -0.136. The summed E-state index contributed by atoms with van der Waals surface area (Å²) in [6.45, 7) is 0.876. The van der Waals surface area contributed by atoms with Crippen molar-refractivity contribution in [2.24, 2.45) is 0 Å².